The molecule has 0 saturated heterocycles. The average Bonchev–Trinajstić information content (AvgIpc) is 3.09. The van der Waals surface area contributed by atoms with Crippen LogP contribution >= 0.6 is 22.6 Å². The fourth-order valence-electron chi connectivity index (χ4n) is 2.29. The smallest absolute Gasteiger partial charge is 0.342 e. The number of halogens is 1. The molecule has 25 heavy (non-hydrogen) atoms. The molecule has 0 fully saturated rings. The van der Waals surface area contributed by atoms with E-state index in [-0.39, 0.29) is 12.2 Å². The topological polar surface area (TPSA) is 98.5 Å². The first-order valence-electron chi connectivity index (χ1n) is 7.49. The largest absolute Gasteiger partial charge is 0.452 e. The molecule has 0 aliphatic rings. The lowest BCUT2D eigenvalue weighted by Crippen LogP contribution is -2.22. The minimum Gasteiger partial charge on any atom is -0.452 e. The zero-order valence-corrected chi connectivity index (χ0v) is 15.4. The predicted molar refractivity (Wildman–Crippen MR) is 98.2 cm³/mol. The summed E-state index contributed by atoms with van der Waals surface area (Å²) in [6, 6.07) is 7.33. The van der Waals surface area contributed by atoms with Crippen LogP contribution in [-0.2, 0) is 16.0 Å². The quantitative estimate of drug-likeness (QED) is 0.471. The van der Waals surface area contributed by atoms with E-state index in [0.717, 1.165) is 3.57 Å². The second kappa shape index (κ2) is 7.55. The van der Waals surface area contributed by atoms with Gasteiger partial charge in [0.2, 0.25) is 0 Å². The summed E-state index contributed by atoms with van der Waals surface area (Å²) in [5.41, 5.74) is 1.57. The molecule has 1 N–H and O–H groups in total. The van der Waals surface area contributed by atoms with Crippen molar-refractivity contribution in [3.8, 4) is 0 Å². The molecule has 0 bridgehead atoms. The van der Waals surface area contributed by atoms with Crippen molar-refractivity contribution in [2.45, 2.75) is 13.3 Å². The minimum atomic E-state index is -0.625. The van der Waals surface area contributed by atoms with Crippen molar-refractivity contribution in [1.82, 2.24) is 19.6 Å². The summed E-state index contributed by atoms with van der Waals surface area (Å²) in [6.07, 6.45) is 3.30. The van der Waals surface area contributed by atoms with Crippen molar-refractivity contribution in [1.29, 1.82) is 0 Å². The van der Waals surface area contributed by atoms with Crippen LogP contribution in [0.4, 0.5) is 5.69 Å². The highest BCUT2D eigenvalue weighted by Gasteiger charge is 2.18. The van der Waals surface area contributed by atoms with Crippen LogP contribution in [0.3, 0.4) is 0 Å². The third-order valence-electron chi connectivity index (χ3n) is 3.44. The molecule has 0 aliphatic carbocycles. The molecular weight excluding hydrogens is 437 g/mol. The van der Waals surface area contributed by atoms with Crippen LogP contribution in [0.5, 0.6) is 0 Å². The molecular formula is C16H14IN5O3. The number of esters is 1. The normalized spacial score (nSPS) is 10.6. The molecule has 1 amide bonds. The zero-order valence-electron chi connectivity index (χ0n) is 13.3. The number of nitrogens with zero attached hydrogens (tertiary/aromatic N) is 4. The van der Waals surface area contributed by atoms with Gasteiger partial charge in [-0.2, -0.15) is 10.1 Å². The molecule has 0 spiro atoms. The molecule has 0 aliphatic heterocycles. The number of para-hydroxylation sites is 1. The first kappa shape index (κ1) is 17.3. The Kier molecular flexibility index (Phi) is 5.22. The summed E-state index contributed by atoms with van der Waals surface area (Å²) >= 11 is 2.12. The molecule has 1 aromatic carbocycles. The van der Waals surface area contributed by atoms with Crippen LogP contribution in [-0.4, -0.2) is 38.1 Å². The van der Waals surface area contributed by atoms with E-state index >= 15 is 0 Å². The van der Waals surface area contributed by atoms with Gasteiger partial charge in [0.15, 0.2) is 6.61 Å². The van der Waals surface area contributed by atoms with Gasteiger partial charge >= 0.3 is 5.97 Å². The van der Waals surface area contributed by atoms with Gasteiger partial charge in [-0.3, -0.25) is 4.79 Å². The first-order valence-corrected chi connectivity index (χ1v) is 8.57. The number of aromatic nitrogens is 4. The minimum absolute atomic E-state index is 0.266. The Balaban J connectivity index is 1.68. The van der Waals surface area contributed by atoms with Gasteiger partial charge in [-0.05, 0) is 41.1 Å². The summed E-state index contributed by atoms with van der Waals surface area (Å²) in [7, 11) is 0. The molecule has 3 rings (SSSR count). The predicted octanol–water partition coefficient (Wildman–Crippen LogP) is 2.09. The number of anilines is 1. The van der Waals surface area contributed by atoms with Crippen molar-refractivity contribution in [3.63, 3.8) is 0 Å². The van der Waals surface area contributed by atoms with Crippen LogP contribution < -0.4 is 5.32 Å². The van der Waals surface area contributed by atoms with Crippen LogP contribution in [0.2, 0.25) is 0 Å². The van der Waals surface area contributed by atoms with Crippen LogP contribution in [0.1, 0.15) is 23.0 Å². The molecule has 0 atom stereocenters. The summed E-state index contributed by atoms with van der Waals surface area (Å²) < 4.78 is 7.50. The summed E-state index contributed by atoms with van der Waals surface area (Å²) in [5, 5.41) is 6.75. The lowest BCUT2D eigenvalue weighted by atomic mass is 10.2. The second-order valence-electron chi connectivity index (χ2n) is 5.05. The Hall–Kier alpha value is -2.56. The van der Waals surface area contributed by atoms with E-state index in [1.54, 1.807) is 6.07 Å². The number of hydrogen-bond acceptors (Lipinski definition) is 6. The highest BCUT2D eigenvalue weighted by Crippen LogP contribution is 2.17. The number of hydrogen-bond donors (Lipinski definition) is 1. The maximum absolute atomic E-state index is 12.3. The van der Waals surface area contributed by atoms with Crippen LogP contribution in [0.15, 0.2) is 36.8 Å². The molecule has 0 saturated carbocycles. The first-order chi connectivity index (χ1) is 12.1. The molecule has 3 aromatic rings. The maximum atomic E-state index is 12.3. The number of fused-ring (bicyclic) bond motifs is 1. The second-order valence-corrected chi connectivity index (χ2v) is 6.21. The Labute approximate surface area is 156 Å². The number of nitrogens with one attached hydrogen (secondary N) is 1. The van der Waals surface area contributed by atoms with Crippen molar-refractivity contribution >= 4 is 45.9 Å². The lowest BCUT2D eigenvalue weighted by Gasteiger charge is -2.10. The number of rotatable bonds is 5. The van der Waals surface area contributed by atoms with Gasteiger partial charge in [0, 0.05) is 9.77 Å². The van der Waals surface area contributed by atoms with Gasteiger partial charge in [0.25, 0.3) is 11.7 Å². The van der Waals surface area contributed by atoms with Crippen molar-refractivity contribution in [3.05, 3.63) is 51.6 Å². The molecule has 0 radical (unpaired) electrons. The number of carbonyl (C=O) groups is 2. The average molecular weight is 451 g/mol. The van der Waals surface area contributed by atoms with E-state index in [2.05, 4.69) is 43.0 Å². The molecule has 8 nitrogen and oxygen atoms in total. The van der Waals surface area contributed by atoms with Crippen LogP contribution in [0, 0.1) is 3.57 Å². The zero-order chi connectivity index (χ0) is 17.8. The summed E-state index contributed by atoms with van der Waals surface area (Å²) in [6.45, 7) is 1.50. The number of ether oxygens (including phenoxy) is 1. The van der Waals surface area contributed by atoms with E-state index in [9.17, 15) is 9.59 Å². The van der Waals surface area contributed by atoms with Crippen LogP contribution in [0.25, 0.3) is 5.78 Å². The SMILES string of the molecule is CCc1c(C(=O)OCC(=O)Nc2ccccc2I)cnc2ncnn12. The van der Waals surface area contributed by atoms with Gasteiger partial charge in [-0.25, -0.2) is 14.3 Å². The van der Waals surface area contributed by atoms with Gasteiger partial charge in [-0.15, -0.1) is 0 Å². The monoisotopic (exact) mass is 451 g/mol. The maximum Gasteiger partial charge on any atom is 0.342 e. The lowest BCUT2D eigenvalue weighted by molar-refractivity contribution is -0.119. The van der Waals surface area contributed by atoms with Crippen molar-refractivity contribution < 1.29 is 14.3 Å². The Morgan fingerprint density at radius 1 is 1.28 bits per heavy atom. The third kappa shape index (κ3) is 3.76. The van der Waals surface area contributed by atoms with Gasteiger partial charge in [-0.1, -0.05) is 19.1 Å². The van der Waals surface area contributed by atoms with Gasteiger partial charge in [0.05, 0.1) is 16.9 Å². The number of amides is 1. The van der Waals surface area contributed by atoms with E-state index in [4.69, 9.17) is 4.74 Å². The standard InChI is InChI=1S/C16H14IN5O3/c1-2-13-10(7-18-16-19-9-20-22(13)16)15(24)25-8-14(23)21-12-6-4-3-5-11(12)17/h3-7,9H,2,8H2,1H3,(H,21,23). The summed E-state index contributed by atoms with van der Waals surface area (Å²) in [4.78, 5) is 32.3. The molecule has 0 unspecified atom stereocenters. The van der Waals surface area contributed by atoms with Crippen molar-refractivity contribution in [2.24, 2.45) is 0 Å². The highest BCUT2D eigenvalue weighted by molar-refractivity contribution is 14.1. The van der Waals surface area contributed by atoms with Gasteiger partial charge < -0.3 is 10.1 Å². The van der Waals surface area contributed by atoms with E-state index in [1.165, 1.54) is 17.0 Å². The number of aryl methyl sites for hydroxylation is 1. The summed E-state index contributed by atoms with van der Waals surface area (Å²) in [5.74, 6) is -0.630. The Bertz CT molecular complexity index is 940. The Morgan fingerprint density at radius 3 is 2.84 bits per heavy atom. The molecule has 9 heteroatoms. The molecule has 128 valence electrons. The fraction of sp³-hybridized carbons (Fsp3) is 0.188. The fourth-order valence-corrected chi connectivity index (χ4v) is 2.82. The van der Waals surface area contributed by atoms with Gasteiger partial charge in [0.1, 0.15) is 6.33 Å². The number of benzene rings is 1. The molecule has 2 aromatic heterocycles. The van der Waals surface area contributed by atoms with E-state index in [1.807, 2.05) is 25.1 Å². The van der Waals surface area contributed by atoms with E-state index < -0.39 is 11.9 Å². The van der Waals surface area contributed by atoms with Crippen molar-refractivity contribution in [2.75, 3.05) is 11.9 Å². The molecule has 2 heterocycles. The highest BCUT2D eigenvalue weighted by atomic mass is 127. The third-order valence-corrected chi connectivity index (χ3v) is 4.38. The van der Waals surface area contributed by atoms with E-state index in [0.29, 0.717) is 23.6 Å². The number of carbonyl (C=O) groups excluding carboxylic acids is 2. The Morgan fingerprint density at radius 2 is 2.08 bits per heavy atom.